The average molecular weight is 831 g/mol. The smallest absolute Gasteiger partial charge is 0.0736 e. The van der Waals surface area contributed by atoms with E-state index in [1.807, 2.05) is 11.8 Å². The van der Waals surface area contributed by atoms with Gasteiger partial charge in [-0.1, -0.05) is 169 Å². The van der Waals surface area contributed by atoms with Gasteiger partial charge in [0.2, 0.25) is 0 Å². The van der Waals surface area contributed by atoms with Crippen LogP contribution in [-0.2, 0) is 5.41 Å². The Hall–Kier alpha value is -7.85. The second-order valence-corrected chi connectivity index (χ2v) is 18.3. The molecule has 1 aliphatic heterocycles. The van der Waals surface area contributed by atoms with E-state index in [0.717, 1.165) is 11.4 Å². The number of fused-ring (bicyclic) bond motifs is 15. The van der Waals surface area contributed by atoms with E-state index in [9.17, 15) is 0 Å². The van der Waals surface area contributed by atoms with Crippen LogP contribution in [0.5, 0.6) is 0 Å². The number of para-hydroxylation sites is 2. The van der Waals surface area contributed by atoms with Gasteiger partial charge in [0.05, 0.1) is 27.5 Å². The van der Waals surface area contributed by atoms with E-state index < -0.39 is 5.41 Å². The zero-order valence-corrected chi connectivity index (χ0v) is 35.6. The first kappa shape index (κ1) is 35.7. The van der Waals surface area contributed by atoms with E-state index in [1.165, 1.54) is 109 Å². The third kappa shape index (κ3) is 4.93. The summed E-state index contributed by atoms with van der Waals surface area (Å²) >= 11 is 1.90. The molecule has 14 rings (SSSR count). The summed E-state index contributed by atoms with van der Waals surface area (Å²) in [5.41, 5.74) is 19.3. The van der Waals surface area contributed by atoms with Crippen LogP contribution in [0.15, 0.2) is 240 Å². The maximum atomic E-state index is 2.56. The van der Waals surface area contributed by atoms with E-state index in [-0.39, 0.29) is 0 Å². The molecule has 0 bridgehead atoms. The zero-order chi connectivity index (χ0) is 41.9. The predicted molar refractivity (Wildman–Crippen MR) is 267 cm³/mol. The Morgan fingerprint density at radius 3 is 1.31 bits per heavy atom. The van der Waals surface area contributed by atoms with Gasteiger partial charge in [-0.15, -0.1) is 0 Å². The molecule has 10 aromatic carbocycles. The van der Waals surface area contributed by atoms with Crippen molar-refractivity contribution in [1.82, 2.24) is 9.13 Å². The van der Waals surface area contributed by atoms with Gasteiger partial charge in [-0.05, 0) is 128 Å². The van der Waals surface area contributed by atoms with Crippen LogP contribution < -0.4 is 0 Å². The van der Waals surface area contributed by atoms with Gasteiger partial charge in [-0.3, -0.25) is 0 Å². The molecule has 3 heteroatoms. The van der Waals surface area contributed by atoms with Gasteiger partial charge in [-0.25, -0.2) is 0 Å². The van der Waals surface area contributed by atoms with E-state index in [0.29, 0.717) is 0 Å². The minimum Gasteiger partial charge on any atom is -0.309 e. The van der Waals surface area contributed by atoms with Crippen molar-refractivity contribution in [3.8, 4) is 44.8 Å². The molecule has 0 saturated heterocycles. The second kappa shape index (κ2) is 13.6. The fourth-order valence-electron chi connectivity index (χ4n) is 11.3. The molecule has 0 radical (unpaired) electrons. The summed E-state index contributed by atoms with van der Waals surface area (Å²) < 4.78 is 4.99. The van der Waals surface area contributed by atoms with Crippen molar-refractivity contribution < 1.29 is 0 Å². The molecule has 0 atom stereocenters. The molecule has 1 spiro atoms. The maximum Gasteiger partial charge on any atom is 0.0736 e. The van der Waals surface area contributed by atoms with Crippen molar-refractivity contribution in [2.75, 3.05) is 0 Å². The fraction of sp³-hybridized carbons (Fsp3) is 0.0164. The molecule has 0 unspecified atom stereocenters. The molecule has 0 fully saturated rings. The van der Waals surface area contributed by atoms with Gasteiger partial charge in [-0.2, -0.15) is 0 Å². The number of hydrogen-bond acceptors (Lipinski definition) is 1. The molecule has 0 amide bonds. The monoisotopic (exact) mass is 830 g/mol. The number of aromatic nitrogens is 2. The third-order valence-electron chi connectivity index (χ3n) is 14.0. The minimum atomic E-state index is -0.572. The Kier molecular flexibility index (Phi) is 7.57. The predicted octanol–water partition coefficient (Wildman–Crippen LogP) is 16.0. The fourth-order valence-corrected chi connectivity index (χ4v) is 12.5. The molecule has 2 aliphatic rings. The van der Waals surface area contributed by atoms with Crippen LogP contribution in [0.2, 0.25) is 0 Å². The highest BCUT2D eigenvalue weighted by atomic mass is 32.2. The second-order valence-electron chi connectivity index (χ2n) is 17.2. The summed E-state index contributed by atoms with van der Waals surface area (Å²) in [4.78, 5) is 2.60. The lowest BCUT2D eigenvalue weighted by atomic mass is 9.67. The molecule has 1 aliphatic carbocycles. The summed E-state index contributed by atoms with van der Waals surface area (Å²) in [7, 11) is 0. The van der Waals surface area contributed by atoms with Crippen molar-refractivity contribution in [3.63, 3.8) is 0 Å². The van der Waals surface area contributed by atoms with Crippen molar-refractivity contribution in [2.45, 2.75) is 15.2 Å². The first-order valence-electron chi connectivity index (χ1n) is 22.1. The van der Waals surface area contributed by atoms with Gasteiger partial charge >= 0.3 is 0 Å². The Bertz CT molecular complexity index is 3810. The Morgan fingerprint density at radius 1 is 0.281 bits per heavy atom. The summed E-state index contributed by atoms with van der Waals surface area (Å²) in [6.45, 7) is 0. The third-order valence-corrected chi connectivity index (χ3v) is 15.1. The van der Waals surface area contributed by atoms with Gasteiger partial charge < -0.3 is 9.13 Å². The highest BCUT2D eigenvalue weighted by molar-refractivity contribution is 7.99. The largest absolute Gasteiger partial charge is 0.309 e. The standard InChI is InChI=1S/C61H38N2S/c1-3-16-39(17-4-1)41-30-32-43(33-31-41)62-55-26-11-7-22-45(55)49-35-47-48-36-50-46-23-8-12-27-56(46)63(44-21-15-20-42(34-44)40-18-5-2-6-19-40)58(50)38-54(48)61(53(47)37-57(49)62)51-24-9-13-28-59(51)64-60-29-14-10-25-52(60)61/h1-38H. The molecule has 12 aromatic rings. The van der Waals surface area contributed by atoms with Crippen molar-refractivity contribution in [3.05, 3.63) is 253 Å². The van der Waals surface area contributed by atoms with E-state index in [1.54, 1.807) is 0 Å². The number of hydrogen-bond donors (Lipinski definition) is 0. The summed E-state index contributed by atoms with van der Waals surface area (Å²) in [6.07, 6.45) is 0. The molecule has 298 valence electrons. The van der Waals surface area contributed by atoms with E-state index in [4.69, 9.17) is 0 Å². The van der Waals surface area contributed by atoms with Crippen LogP contribution in [0.1, 0.15) is 22.3 Å². The van der Waals surface area contributed by atoms with E-state index in [2.05, 4.69) is 240 Å². The molecular formula is C61H38N2S. The first-order chi connectivity index (χ1) is 31.7. The van der Waals surface area contributed by atoms with Gasteiger partial charge in [0, 0.05) is 42.7 Å². The number of rotatable bonds is 4. The van der Waals surface area contributed by atoms with Gasteiger partial charge in [0.25, 0.3) is 0 Å². The summed E-state index contributed by atoms with van der Waals surface area (Å²) in [6, 6.07) is 85.9. The Labute approximate surface area is 375 Å². The summed E-state index contributed by atoms with van der Waals surface area (Å²) in [5.74, 6) is 0. The topological polar surface area (TPSA) is 9.86 Å². The Balaban J connectivity index is 1.10. The Morgan fingerprint density at radius 2 is 0.734 bits per heavy atom. The summed E-state index contributed by atoms with van der Waals surface area (Å²) in [5, 5.41) is 5.03. The van der Waals surface area contributed by atoms with Gasteiger partial charge in [0.15, 0.2) is 0 Å². The van der Waals surface area contributed by atoms with Crippen molar-refractivity contribution >= 4 is 55.4 Å². The van der Waals surface area contributed by atoms with Crippen LogP contribution in [-0.4, -0.2) is 9.13 Å². The lowest BCUT2D eigenvalue weighted by Gasteiger charge is -2.39. The molecule has 0 N–H and O–H groups in total. The lowest BCUT2D eigenvalue weighted by molar-refractivity contribution is 0.723. The van der Waals surface area contributed by atoms with Gasteiger partial charge in [0.1, 0.15) is 0 Å². The van der Waals surface area contributed by atoms with Crippen LogP contribution in [0.4, 0.5) is 0 Å². The first-order valence-corrected chi connectivity index (χ1v) is 22.9. The van der Waals surface area contributed by atoms with E-state index >= 15 is 0 Å². The average Bonchev–Trinajstić information content (AvgIpc) is 3.97. The zero-order valence-electron chi connectivity index (χ0n) is 34.7. The highest BCUT2D eigenvalue weighted by Gasteiger charge is 2.51. The van der Waals surface area contributed by atoms with Crippen molar-refractivity contribution in [2.24, 2.45) is 0 Å². The lowest BCUT2D eigenvalue weighted by Crippen LogP contribution is -2.32. The molecule has 2 aromatic heterocycles. The van der Waals surface area contributed by atoms with Crippen molar-refractivity contribution in [1.29, 1.82) is 0 Å². The molecule has 2 nitrogen and oxygen atoms in total. The normalized spacial score (nSPS) is 13.4. The molecule has 3 heterocycles. The minimum absolute atomic E-state index is 0.572. The van der Waals surface area contributed by atoms with Crippen LogP contribution in [0.25, 0.3) is 88.4 Å². The molecule has 0 saturated carbocycles. The highest BCUT2D eigenvalue weighted by Crippen LogP contribution is 2.63. The number of nitrogens with zero attached hydrogens (tertiary/aromatic N) is 2. The maximum absolute atomic E-state index is 2.56. The molecule has 64 heavy (non-hydrogen) atoms. The van der Waals surface area contributed by atoms with Crippen LogP contribution in [0.3, 0.4) is 0 Å². The SMILES string of the molecule is c1ccc(-c2ccc(-n3c4ccccc4c4cc5c(cc43)C3(c4ccccc4Sc4ccccc43)c3cc4c(cc3-5)c3ccccc3n4-c3cccc(-c4ccccc4)c3)cc2)cc1. The number of benzene rings is 10. The molecular weight excluding hydrogens is 793 g/mol. The van der Waals surface area contributed by atoms with Crippen LogP contribution >= 0.6 is 11.8 Å². The quantitative estimate of drug-likeness (QED) is 0.172. The van der Waals surface area contributed by atoms with Crippen LogP contribution in [0, 0.1) is 0 Å².